The second kappa shape index (κ2) is 9.42. The highest BCUT2D eigenvalue weighted by atomic mass is 16.6. The first-order chi connectivity index (χ1) is 15.2. The van der Waals surface area contributed by atoms with Gasteiger partial charge in [0, 0.05) is 35.4 Å². The van der Waals surface area contributed by atoms with Gasteiger partial charge in [-0.15, -0.1) is 10.2 Å². The van der Waals surface area contributed by atoms with Crippen LogP contribution in [0.5, 0.6) is 0 Å². The largest absolute Gasteiger partial charge is 0.451 e. The summed E-state index contributed by atoms with van der Waals surface area (Å²) in [7, 11) is 0. The Labute approximate surface area is 179 Å². The lowest BCUT2D eigenvalue weighted by Crippen LogP contribution is -2.31. The maximum absolute atomic E-state index is 12.1. The molecule has 32 heavy (non-hydrogen) atoms. The third kappa shape index (κ3) is 5.27. The third-order valence-electron chi connectivity index (χ3n) is 4.13. The number of aromatic nitrogens is 2. The van der Waals surface area contributed by atoms with E-state index in [1.54, 1.807) is 0 Å². The highest BCUT2D eigenvalue weighted by molar-refractivity contribution is 5.96. The van der Waals surface area contributed by atoms with Crippen molar-refractivity contribution in [3.05, 3.63) is 80.2 Å². The molecular formula is C19H15N5O8. The number of carbonyl (C=O) groups is 2. The molecule has 1 heterocycles. The van der Waals surface area contributed by atoms with Crippen LogP contribution >= 0.6 is 0 Å². The van der Waals surface area contributed by atoms with Crippen LogP contribution in [0.25, 0.3) is 11.5 Å². The molecule has 0 radical (unpaired) electrons. The van der Waals surface area contributed by atoms with E-state index in [9.17, 15) is 29.8 Å². The van der Waals surface area contributed by atoms with Crippen molar-refractivity contribution in [3.8, 4) is 11.5 Å². The quantitative estimate of drug-likeness (QED) is 0.310. The van der Waals surface area contributed by atoms with Gasteiger partial charge in [0.25, 0.3) is 23.2 Å². The second-order valence-corrected chi connectivity index (χ2v) is 6.37. The molecule has 2 aromatic carbocycles. The monoisotopic (exact) mass is 441 g/mol. The van der Waals surface area contributed by atoms with Crippen LogP contribution in [0.1, 0.15) is 29.3 Å². The van der Waals surface area contributed by atoms with E-state index in [1.807, 2.05) is 0 Å². The van der Waals surface area contributed by atoms with Gasteiger partial charge < -0.3 is 14.5 Å². The van der Waals surface area contributed by atoms with Crippen LogP contribution in [0.2, 0.25) is 0 Å². The Morgan fingerprint density at radius 1 is 1.06 bits per heavy atom. The van der Waals surface area contributed by atoms with E-state index in [0.717, 1.165) is 6.07 Å². The molecule has 1 N–H and O–H groups in total. The van der Waals surface area contributed by atoms with Crippen molar-refractivity contribution < 1.29 is 28.6 Å². The number of nitro groups is 2. The summed E-state index contributed by atoms with van der Waals surface area (Å²) in [6.45, 7) is 0.989. The zero-order chi connectivity index (χ0) is 23.3. The van der Waals surface area contributed by atoms with E-state index in [0.29, 0.717) is 5.56 Å². The van der Waals surface area contributed by atoms with Gasteiger partial charge in [0.05, 0.1) is 9.85 Å². The van der Waals surface area contributed by atoms with E-state index >= 15 is 0 Å². The molecule has 0 aliphatic heterocycles. The van der Waals surface area contributed by atoms with Crippen molar-refractivity contribution in [1.82, 2.24) is 15.5 Å². The summed E-state index contributed by atoms with van der Waals surface area (Å²) in [6, 6.07) is 10.5. The number of nitro benzene ring substituents is 2. The number of hydrogen-bond acceptors (Lipinski definition) is 10. The number of nitrogens with one attached hydrogen (secondary N) is 1. The van der Waals surface area contributed by atoms with Crippen molar-refractivity contribution in [3.63, 3.8) is 0 Å². The molecule has 13 heteroatoms. The van der Waals surface area contributed by atoms with Gasteiger partial charge >= 0.3 is 5.97 Å². The van der Waals surface area contributed by atoms with Gasteiger partial charge in [-0.05, 0) is 25.1 Å². The van der Waals surface area contributed by atoms with Crippen LogP contribution in [0.4, 0.5) is 11.4 Å². The zero-order valence-corrected chi connectivity index (χ0v) is 16.5. The number of non-ortho nitro benzene ring substituents is 2. The molecule has 1 unspecified atom stereocenters. The molecule has 1 atom stereocenters. The second-order valence-electron chi connectivity index (χ2n) is 6.37. The van der Waals surface area contributed by atoms with Crippen molar-refractivity contribution in [2.24, 2.45) is 0 Å². The zero-order valence-electron chi connectivity index (χ0n) is 16.5. The molecule has 3 rings (SSSR count). The molecule has 1 aromatic heterocycles. The van der Waals surface area contributed by atoms with Gasteiger partial charge in [-0.3, -0.25) is 29.8 Å². The van der Waals surface area contributed by atoms with Crippen LogP contribution in [-0.2, 0) is 9.53 Å². The Kier molecular flexibility index (Phi) is 6.48. The lowest BCUT2D eigenvalue weighted by Gasteiger charge is -2.10. The van der Waals surface area contributed by atoms with Crippen LogP contribution in [-0.4, -0.2) is 38.5 Å². The number of hydrogen-bond donors (Lipinski definition) is 1. The lowest BCUT2D eigenvalue weighted by atomic mass is 10.2. The minimum atomic E-state index is -0.934. The summed E-state index contributed by atoms with van der Waals surface area (Å²) in [6.07, 6.45) is -0.934. The van der Waals surface area contributed by atoms with Crippen LogP contribution in [0.3, 0.4) is 0 Å². The van der Waals surface area contributed by atoms with Gasteiger partial charge in [0.1, 0.15) is 6.54 Å². The van der Waals surface area contributed by atoms with Crippen LogP contribution < -0.4 is 5.32 Å². The minimum absolute atomic E-state index is 0.0169. The molecule has 0 fully saturated rings. The molecule has 164 valence electrons. The fourth-order valence-electron chi connectivity index (χ4n) is 2.55. The Bertz CT molecular complexity index is 1170. The fraction of sp³-hybridized carbons (Fsp3) is 0.158. The summed E-state index contributed by atoms with van der Waals surface area (Å²) in [4.78, 5) is 44.4. The third-order valence-corrected chi connectivity index (χ3v) is 4.13. The summed E-state index contributed by atoms with van der Waals surface area (Å²) in [5.41, 5.74) is 0.110. The number of carbonyl (C=O) groups excluding carboxylic acids is 2. The molecule has 0 spiro atoms. The van der Waals surface area contributed by atoms with Gasteiger partial charge in [0.15, 0.2) is 6.10 Å². The predicted octanol–water partition coefficient (Wildman–Crippen LogP) is 2.59. The smallest absolute Gasteiger partial charge is 0.326 e. The molecule has 0 saturated heterocycles. The molecule has 0 aliphatic carbocycles. The highest BCUT2D eigenvalue weighted by Gasteiger charge is 2.20. The first kappa shape index (κ1) is 22.0. The Hall–Kier alpha value is -4.68. The molecule has 0 bridgehead atoms. The van der Waals surface area contributed by atoms with Gasteiger partial charge in [-0.1, -0.05) is 6.07 Å². The van der Waals surface area contributed by atoms with Crippen LogP contribution in [0, 0.1) is 20.2 Å². The molecule has 1 amide bonds. The Balaban J connectivity index is 1.55. The number of amides is 1. The summed E-state index contributed by atoms with van der Waals surface area (Å²) in [5, 5.41) is 31.4. The van der Waals surface area contributed by atoms with Gasteiger partial charge in [0.2, 0.25) is 5.89 Å². The maximum atomic E-state index is 12.1. The highest BCUT2D eigenvalue weighted by Crippen LogP contribution is 2.24. The predicted molar refractivity (Wildman–Crippen MR) is 106 cm³/mol. The first-order valence-corrected chi connectivity index (χ1v) is 9.05. The lowest BCUT2D eigenvalue weighted by molar-refractivity contribution is -0.385. The molecular weight excluding hydrogens is 426 g/mol. The summed E-state index contributed by atoms with van der Waals surface area (Å²) < 4.78 is 10.6. The SMILES string of the molecule is CC(OC(=O)CNC(=O)c1cccc([N+](=O)[O-])c1)c1nnc(-c2ccc([N+](=O)[O-])cc2)o1. The average molecular weight is 441 g/mol. The number of nitrogens with zero attached hydrogens (tertiary/aromatic N) is 4. The van der Waals surface area contributed by atoms with E-state index < -0.39 is 34.4 Å². The van der Waals surface area contributed by atoms with E-state index in [4.69, 9.17) is 9.15 Å². The van der Waals surface area contributed by atoms with E-state index in [1.165, 1.54) is 49.4 Å². The van der Waals surface area contributed by atoms with Crippen molar-refractivity contribution in [2.75, 3.05) is 6.54 Å². The number of benzene rings is 2. The number of rotatable bonds is 8. The van der Waals surface area contributed by atoms with Gasteiger partial charge in [-0.25, -0.2) is 0 Å². The van der Waals surface area contributed by atoms with Crippen molar-refractivity contribution in [2.45, 2.75) is 13.0 Å². The number of ether oxygens (including phenoxy) is 1. The van der Waals surface area contributed by atoms with Gasteiger partial charge in [-0.2, -0.15) is 0 Å². The van der Waals surface area contributed by atoms with Crippen molar-refractivity contribution in [1.29, 1.82) is 0 Å². The molecule has 13 nitrogen and oxygen atoms in total. The van der Waals surface area contributed by atoms with Crippen molar-refractivity contribution >= 4 is 23.3 Å². The first-order valence-electron chi connectivity index (χ1n) is 9.05. The molecule has 3 aromatic rings. The van der Waals surface area contributed by atoms with Crippen LogP contribution in [0.15, 0.2) is 52.9 Å². The molecule has 0 saturated carbocycles. The normalized spacial score (nSPS) is 11.4. The topological polar surface area (TPSA) is 181 Å². The standard InChI is InChI=1S/C19H15N5O8/c1-11(18-21-22-19(32-18)12-5-7-14(8-6-12)23(27)28)31-16(25)10-20-17(26)13-3-2-4-15(9-13)24(29)30/h2-9,11H,10H2,1H3,(H,20,26). The Morgan fingerprint density at radius 2 is 1.75 bits per heavy atom. The number of esters is 1. The molecule has 0 aliphatic rings. The summed E-state index contributed by atoms with van der Waals surface area (Å²) in [5.74, 6) is -1.42. The van der Waals surface area contributed by atoms with E-state index in [-0.39, 0.29) is 28.7 Å². The average Bonchev–Trinajstić information content (AvgIpc) is 3.28. The Morgan fingerprint density at radius 3 is 2.41 bits per heavy atom. The summed E-state index contributed by atoms with van der Waals surface area (Å²) >= 11 is 0. The maximum Gasteiger partial charge on any atom is 0.326 e. The van der Waals surface area contributed by atoms with E-state index in [2.05, 4.69) is 15.5 Å². The minimum Gasteiger partial charge on any atom is -0.451 e. The fourth-order valence-corrected chi connectivity index (χ4v) is 2.55.